The van der Waals surface area contributed by atoms with Crippen molar-refractivity contribution in [3.8, 4) is 5.75 Å². The van der Waals surface area contributed by atoms with E-state index in [-0.39, 0.29) is 25.1 Å². The van der Waals surface area contributed by atoms with Crippen molar-refractivity contribution in [1.82, 2.24) is 0 Å². The van der Waals surface area contributed by atoms with Crippen LogP contribution in [0.4, 0.5) is 5.69 Å². The summed E-state index contributed by atoms with van der Waals surface area (Å²) in [6.07, 6.45) is -0.529. The van der Waals surface area contributed by atoms with Gasteiger partial charge in [-0.05, 0) is 30.5 Å². The smallest absolute Gasteiger partial charge is 0.267 e. The van der Waals surface area contributed by atoms with Crippen LogP contribution in [-0.2, 0) is 4.79 Å². The van der Waals surface area contributed by atoms with Crippen LogP contribution in [0.5, 0.6) is 5.75 Å². The predicted molar refractivity (Wildman–Crippen MR) is 77.7 cm³/mol. The van der Waals surface area contributed by atoms with E-state index in [4.69, 9.17) is 15.6 Å². The van der Waals surface area contributed by atoms with E-state index in [2.05, 4.69) is 13.8 Å². The Labute approximate surface area is 119 Å². The standard InChI is InChI=1S/C15H22N2O3/c1-9(2)14(16)11-4-5-13-12(8-11)17(6-7-18)15(19)10(3)20-13/h4-5,8-10,14,18H,6-7,16H2,1-3H3. The lowest BCUT2D eigenvalue weighted by Crippen LogP contribution is -2.45. The summed E-state index contributed by atoms with van der Waals surface area (Å²) in [5, 5.41) is 9.16. The number of aliphatic hydroxyl groups is 1. The molecule has 0 radical (unpaired) electrons. The Morgan fingerprint density at radius 1 is 1.45 bits per heavy atom. The number of aliphatic hydroxyl groups excluding tert-OH is 1. The zero-order valence-corrected chi connectivity index (χ0v) is 12.2. The molecular formula is C15H22N2O3. The molecule has 0 aliphatic carbocycles. The summed E-state index contributed by atoms with van der Waals surface area (Å²) < 4.78 is 5.60. The van der Waals surface area contributed by atoms with Crippen molar-refractivity contribution < 1.29 is 14.6 Å². The first kappa shape index (κ1) is 14.8. The van der Waals surface area contributed by atoms with E-state index in [0.717, 1.165) is 5.56 Å². The molecule has 1 heterocycles. The molecule has 0 bridgehead atoms. The lowest BCUT2D eigenvalue weighted by atomic mass is 9.96. The molecule has 2 atom stereocenters. The number of amides is 1. The minimum Gasteiger partial charge on any atom is -0.479 e. The molecule has 1 aliphatic heterocycles. The highest BCUT2D eigenvalue weighted by Crippen LogP contribution is 2.36. The molecule has 0 saturated heterocycles. The molecule has 1 aliphatic rings. The lowest BCUT2D eigenvalue weighted by molar-refractivity contribution is -0.125. The van der Waals surface area contributed by atoms with E-state index in [1.54, 1.807) is 11.8 Å². The van der Waals surface area contributed by atoms with Gasteiger partial charge in [-0.15, -0.1) is 0 Å². The molecule has 2 unspecified atom stereocenters. The summed E-state index contributed by atoms with van der Waals surface area (Å²) in [4.78, 5) is 13.7. The van der Waals surface area contributed by atoms with Crippen LogP contribution >= 0.6 is 0 Å². The molecule has 2 rings (SSSR count). The highest BCUT2D eigenvalue weighted by molar-refractivity contribution is 5.99. The van der Waals surface area contributed by atoms with E-state index in [1.165, 1.54) is 0 Å². The Balaban J connectivity index is 2.42. The molecule has 0 saturated carbocycles. The Morgan fingerprint density at radius 2 is 2.15 bits per heavy atom. The van der Waals surface area contributed by atoms with E-state index >= 15 is 0 Å². The van der Waals surface area contributed by atoms with Crippen molar-refractivity contribution in [2.75, 3.05) is 18.1 Å². The van der Waals surface area contributed by atoms with Gasteiger partial charge in [-0.3, -0.25) is 4.79 Å². The van der Waals surface area contributed by atoms with Crippen LogP contribution in [-0.4, -0.2) is 30.3 Å². The van der Waals surface area contributed by atoms with Gasteiger partial charge in [0.2, 0.25) is 0 Å². The molecule has 1 amide bonds. The maximum absolute atomic E-state index is 12.2. The van der Waals surface area contributed by atoms with Crippen LogP contribution in [0.2, 0.25) is 0 Å². The third kappa shape index (κ3) is 2.64. The Morgan fingerprint density at radius 3 is 2.75 bits per heavy atom. The molecule has 20 heavy (non-hydrogen) atoms. The van der Waals surface area contributed by atoms with Gasteiger partial charge in [-0.2, -0.15) is 0 Å². The van der Waals surface area contributed by atoms with E-state index in [0.29, 0.717) is 17.4 Å². The number of hydrogen-bond acceptors (Lipinski definition) is 4. The molecule has 1 aromatic carbocycles. The number of rotatable bonds is 4. The minimum absolute atomic E-state index is 0.0850. The zero-order chi connectivity index (χ0) is 14.9. The summed E-state index contributed by atoms with van der Waals surface area (Å²) in [7, 11) is 0. The quantitative estimate of drug-likeness (QED) is 0.874. The molecule has 0 aromatic heterocycles. The van der Waals surface area contributed by atoms with Crippen LogP contribution in [0.15, 0.2) is 18.2 Å². The topological polar surface area (TPSA) is 75.8 Å². The third-order valence-electron chi connectivity index (χ3n) is 3.62. The average molecular weight is 278 g/mol. The number of nitrogens with two attached hydrogens (primary N) is 1. The number of fused-ring (bicyclic) bond motifs is 1. The van der Waals surface area contributed by atoms with Gasteiger partial charge in [0.25, 0.3) is 5.91 Å². The molecule has 110 valence electrons. The van der Waals surface area contributed by atoms with Crippen LogP contribution in [0.25, 0.3) is 0 Å². The second kappa shape index (κ2) is 5.81. The van der Waals surface area contributed by atoms with Crippen molar-refractivity contribution >= 4 is 11.6 Å². The molecule has 1 aromatic rings. The summed E-state index contributed by atoms with van der Waals surface area (Å²) in [5.41, 5.74) is 7.81. The number of nitrogens with zero attached hydrogens (tertiary/aromatic N) is 1. The highest BCUT2D eigenvalue weighted by Gasteiger charge is 2.31. The van der Waals surface area contributed by atoms with Crippen LogP contribution in [0.3, 0.4) is 0 Å². The fraction of sp³-hybridized carbons (Fsp3) is 0.533. The second-order valence-electron chi connectivity index (χ2n) is 5.47. The molecule has 0 spiro atoms. The highest BCUT2D eigenvalue weighted by atomic mass is 16.5. The monoisotopic (exact) mass is 278 g/mol. The number of anilines is 1. The Hall–Kier alpha value is -1.59. The number of β-amino-alcohol motifs (C(OH)–C–C–N with tert-alkyl or cyclic N) is 1. The maximum Gasteiger partial charge on any atom is 0.267 e. The number of benzene rings is 1. The van der Waals surface area contributed by atoms with E-state index in [9.17, 15) is 4.79 Å². The van der Waals surface area contributed by atoms with Gasteiger partial charge in [0, 0.05) is 12.6 Å². The molecule has 0 fully saturated rings. The van der Waals surface area contributed by atoms with Gasteiger partial charge in [0.1, 0.15) is 5.75 Å². The van der Waals surface area contributed by atoms with Crippen LogP contribution in [0.1, 0.15) is 32.4 Å². The fourth-order valence-electron chi connectivity index (χ4n) is 2.35. The first-order chi connectivity index (χ1) is 9.45. The minimum atomic E-state index is -0.529. The maximum atomic E-state index is 12.2. The van der Waals surface area contributed by atoms with Crippen molar-refractivity contribution in [1.29, 1.82) is 0 Å². The Bertz CT molecular complexity index is 502. The Kier molecular flexibility index (Phi) is 4.30. The summed E-state index contributed by atoms with van der Waals surface area (Å²) in [5.74, 6) is 0.825. The molecular weight excluding hydrogens is 256 g/mol. The second-order valence-corrected chi connectivity index (χ2v) is 5.47. The summed E-state index contributed by atoms with van der Waals surface area (Å²) in [6.45, 7) is 6.00. The SMILES string of the molecule is CC1Oc2ccc(C(N)C(C)C)cc2N(CCO)C1=O. The first-order valence-electron chi connectivity index (χ1n) is 6.94. The van der Waals surface area contributed by atoms with Crippen molar-refractivity contribution in [2.24, 2.45) is 11.7 Å². The summed E-state index contributed by atoms with van der Waals surface area (Å²) in [6, 6.07) is 5.58. The zero-order valence-electron chi connectivity index (χ0n) is 12.2. The largest absolute Gasteiger partial charge is 0.479 e. The van der Waals surface area contributed by atoms with Crippen LogP contribution in [0, 0.1) is 5.92 Å². The predicted octanol–water partition coefficient (Wildman–Crippen LogP) is 1.45. The normalized spacial score (nSPS) is 19.8. The van der Waals surface area contributed by atoms with Gasteiger partial charge in [-0.1, -0.05) is 19.9 Å². The van der Waals surface area contributed by atoms with Crippen molar-refractivity contribution in [2.45, 2.75) is 32.9 Å². The van der Waals surface area contributed by atoms with Gasteiger partial charge in [0.15, 0.2) is 6.10 Å². The van der Waals surface area contributed by atoms with Crippen molar-refractivity contribution in [3.63, 3.8) is 0 Å². The van der Waals surface area contributed by atoms with Gasteiger partial charge < -0.3 is 20.5 Å². The van der Waals surface area contributed by atoms with E-state index in [1.807, 2.05) is 18.2 Å². The first-order valence-corrected chi connectivity index (χ1v) is 6.94. The molecule has 5 nitrogen and oxygen atoms in total. The van der Waals surface area contributed by atoms with Crippen molar-refractivity contribution in [3.05, 3.63) is 23.8 Å². The number of ether oxygens (including phenoxy) is 1. The number of carbonyl (C=O) groups is 1. The van der Waals surface area contributed by atoms with Gasteiger partial charge in [0.05, 0.1) is 12.3 Å². The van der Waals surface area contributed by atoms with Crippen LogP contribution < -0.4 is 15.4 Å². The average Bonchev–Trinajstić information content (AvgIpc) is 2.42. The number of hydrogen-bond donors (Lipinski definition) is 2. The van der Waals surface area contributed by atoms with E-state index < -0.39 is 6.10 Å². The summed E-state index contributed by atoms with van der Waals surface area (Å²) >= 11 is 0. The molecule has 5 heteroatoms. The van der Waals surface area contributed by atoms with Gasteiger partial charge in [-0.25, -0.2) is 0 Å². The van der Waals surface area contributed by atoms with Gasteiger partial charge >= 0.3 is 0 Å². The fourth-order valence-corrected chi connectivity index (χ4v) is 2.35. The lowest BCUT2D eigenvalue weighted by Gasteiger charge is -2.33. The third-order valence-corrected chi connectivity index (χ3v) is 3.62. The molecule has 3 N–H and O–H groups in total. The number of carbonyl (C=O) groups excluding carboxylic acids is 1.